The molecule has 0 aliphatic carbocycles. The molecule has 1 rings (SSSR count). The summed E-state index contributed by atoms with van der Waals surface area (Å²) in [6.07, 6.45) is 1.90. The first kappa shape index (κ1) is 9.89. The summed E-state index contributed by atoms with van der Waals surface area (Å²) in [5.74, 6) is 2.23. The quantitative estimate of drug-likeness (QED) is 0.766. The van der Waals surface area contributed by atoms with E-state index in [1.807, 2.05) is 13.8 Å². The van der Waals surface area contributed by atoms with Gasteiger partial charge in [0.2, 0.25) is 5.95 Å². The molecule has 1 aromatic heterocycles. The molecule has 4 nitrogen and oxygen atoms in total. The van der Waals surface area contributed by atoms with E-state index in [1.54, 1.807) is 0 Å². The first-order valence-corrected chi connectivity index (χ1v) is 4.63. The molecule has 0 atom stereocenters. The molecule has 13 heavy (non-hydrogen) atoms. The van der Waals surface area contributed by atoms with Crippen LogP contribution in [0.15, 0.2) is 0 Å². The third-order valence-corrected chi connectivity index (χ3v) is 1.71. The Morgan fingerprint density at radius 3 is 2.46 bits per heavy atom. The van der Waals surface area contributed by atoms with Crippen LogP contribution in [0.5, 0.6) is 0 Å². The zero-order valence-electron chi connectivity index (χ0n) is 8.41. The molecule has 0 saturated heterocycles. The van der Waals surface area contributed by atoms with E-state index in [0.717, 1.165) is 24.5 Å². The van der Waals surface area contributed by atoms with E-state index in [2.05, 4.69) is 21.9 Å². The predicted octanol–water partition coefficient (Wildman–Crippen LogP) is 1.53. The van der Waals surface area contributed by atoms with Crippen LogP contribution in [0, 0.1) is 0 Å². The molecule has 0 aromatic carbocycles. The predicted molar refractivity (Wildman–Crippen MR) is 52.3 cm³/mol. The molecule has 72 valence electrons. The van der Waals surface area contributed by atoms with Crippen molar-refractivity contribution in [3.63, 3.8) is 0 Å². The van der Waals surface area contributed by atoms with Crippen LogP contribution < -0.4 is 5.73 Å². The van der Waals surface area contributed by atoms with Crippen molar-refractivity contribution in [3.05, 3.63) is 11.6 Å². The van der Waals surface area contributed by atoms with E-state index in [-0.39, 0.29) is 0 Å². The highest BCUT2D eigenvalue weighted by molar-refractivity contribution is 5.17. The number of hydrogen-bond acceptors (Lipinski definition) is 4. The van der Waals surface area contributed by atoms with Crippen LogP contribution >= 0.6 is 0 Å². The monoisotopic (exact) mass is 180 g/mol. The Balaban J connectivity index is 2.96. The number of aryl methyl sites for hydroxylation is 1. The molecule has 4 heteroatoms. The van der Waals surface area contributed by atoms with Crippen LogP contribution in [-0.4, -0.2) is 15.0 Å². The fraction of sp³-hybridized carbons (Fsp3) is 0.667. The molecule has 1 aromatic rings. The molecule has 0 radical (unpaired) electrons. The smallest absolute Gasteiger partial charge is 0.223 e. The van der Waals surface area contributed by atoms with Gasteiger partial charge < -0.3 is 5.73 Å². The Labute approximate surface area is 78.6 Å². The number of nitrogens with two attached hydrogens (primary N) is 1. The SMILES string of the molecule is CCCc1nc(N)nc(C(C)C)n1. The van der Waals surface area contributed by atoms with Gasteiger partial charge in [0.25, 0.3) is 0 Å². The average molecular weight is 180 g/mol. The molecular weight excluding hydrogens is 164 g/mol. The van der Waals surface area contributed by atoms with Gasteiger partial charge in [0.15, 0.2) is 0 Å². The Morgan fingerprint density at radius 1 is 1.23 bits per heavy atom. The maximum atomic E-state index is 5.57. The summed E-state index contributed by atoms with van der Waals surface area (Å²) in [5.41, 5.74) is 5.57. The number of hydrogen-bond donors (Lipinski definition) is 1. The van der Waals surface area contributed by atoms with E-state index in [9.17, 15) is 0 Å². The number of anilines is 1. The van der Waals surface area contributed by atoms with Crippen molar-refractivity contribution in [2.45, 2.75) is 39.5 Å². The Morgan fingerprint density at radius 2 is 1.92 bits per heavy atom. The molecule has 1 heterocycles. The standard InChI is InChI=1S/C9H16N4/c1-4-5-7-11-8(6(2)3)13-9(10)12-7/h6H,4-5H2,1-3H3,(H2,10,11,12,13). The van der Waals surface area contributed by atoms with Crippen molar-refractivity contribution in [1.82, 2.24) is 15.0 Å². The second kappa shape index (κ2) is 4.16. The molecule has 0 spiro atoms. The minimum atomic E-state index is 0.306. The maximum absolute atomic E-state index is 5.57. The zero-order valence-corrected chi connectivity index (χ0v) is 8.41. The number of rotatable bonds is 3. The largest absolute Gasteiger partial charge is 0.368 e. The molecule has 0 unspecified atom stereocenters. The van der Waals surface area contributed by atoms with E-state index >= 15 is 0 Å². The highest BCUT2D eigenvalue weighted by Crippen LogP contribution is 2.10. The van der Waals surface area contributed by atoms with Crippen molar-refractivity contribution in [2.75, 3.05) is 5.73 Å². The van der Waals surface area contributed by atoms with Gasteiger partial charge in [-0.15, -0.1) is 0 Å². The van der Waals surface area contributed by atoms with Crippen LogP contribution in [0.1, 0.15) is 44.8 Å². The molecule has 0 bridgehead atoms. The first-order chi connectivity index (χ1) is 6.13. The fourth-order valence-electron chi connectivity index (χ4n) is 1.05. The highest BCUT2D eigenvalue weighted by Gasteiger charge is 2.06. The Kier molecular flexibility index (Phi) is 3.17. The topological polar surface area (TPSA) is 64.7 Å². The van der Waals surface area contributed by atoms with E-state index in [0.29, 0.717) is 11.9 Å². The van der Waals surface area contributed by atoms with Crippen molar-refractivity contribution in [2.24, 2.45) is 0 Å². The second-order valence-corrected chi connectivity index (χ2v) is 3.37. The summed E-state index contributed by atoms with van der Waals surface area (Å²) in [4.78, 5) is 12.5. The minimum absolute atomic E-state index is 0.306. The number of nitrogen functional groups attached to an aromatic ring is 1. The van der Waals surface area contributed by atoms with Crippen molar-refractivity contribution >= 4 is 5.95 Å². The van der Waals surface area contributed by atoms with Gasteiger partial charge >= 0.3 is 0 Å². The zero-order chi connectivity index (χ0) is 9.84. The van der Waals surface area contributed by atoms with Crippen molar-refractivity contribution < 1.29 is 0 Å². The fourth-order valence-corrected chi connectivity index (χ4v) is 1.05. The van der Waals surface area contributed by atoms with Gasteiger partial charge in [0, 0.05) is 12.3 Å². The van der Waals surface area contributed by atoms with Gasteiger partial charge in [-0.25, -0.2) is 4.98 Å². The van der Waals surface area contributed by atoms with Crippen LogP contribution in [0.25, 0.3) is 0 Å². The Hall–Kier alpha value is -1.19. The lowest BCUT2D eigenvalue weighted by atomic mass is 10.2. The highest BCUT2D eigenvalue weighted by atomic mass is 15.1. The summed E-state index contributed by atoms with van der Waals surface area (Å²) in [7, 11) is 0. The molecule has 0 fully saturated rings. The van der Waals surface area contributed by atoms with Crippen LogP contribution in [-0.2, 0) is 6.42 Å². The number of aromatic nitrogens is 3. The summed E-state index contributed by atoms with van der Waals surface area (Å²) in [5, 5.41) is 0. The van der Waals surface area contributed by atoms with E-state index < -0.39 is 0 Å². The van der Waals surface area contributed by atoms with Crippen molar-refractivity contribution in [1.29, 1.82) is 0 Å². The molecule has 0 amide bonds. The van der Waals surface area contributed by atoms with E-state index in [1.165, 1.54) is 0 Å². The van der Waals surface area contributed by atoms with Gasteiger partial charge in [0.05, 0.1) is 0 Å². The van der Waals surface area contributed by atoms with Crippen LogP contribution in [0.4, 0.5) is 5.95 Å². The third kappa shape index (κ3) is 2.65. The van der Waals surface area contributed by atoms with E-state index in [4.69, 9.17) is 5.73 Å². The minimum Gasteiger partial charge on any atom is -0.368 e. The summed E-state index contributed by atoms with van der Waals surface area (Å²) < 4.78 is 0. The Bertz CT molecular complexity index is 283. The normalized spacial score (nSPS) is 10.8. The molecule has 0 saturated carbocycles. The summed E-state index contributed by atoms with van der Waals surface area (Å²) in [6, 6.07) is 0. The molecule has 0 aliphatic rings. The van der Waals surface area contributed by atoms with Gasteiger partial charge in [-0.05, 0) is 6.42 Å². The van der Waals surface area contributed by atoms with Gasteiger partial charge in [-0.1, -0.05) is 20.8 Å². The van der Waals surface area contributed by atoms with Crippen molar-refractivity contribution in [3.8, 4) is 0 Å². The lowest BCUT2D eigenvalue weighted by Gasteiger charge is -2.05. The molecular formula is C9H16N4. The van der Waals surface area contributed by atoms with Gasteiger partial charge in [-0.3, -0.25) is 0 Å². The van der Waals surface area contributed by atoms with Gasteiger partial charge in [-0.2, -0.15) is 9.97 Å². The lowest BCUT2D eigenvalue weighted by Crippen LogP contribution is -2.08. The lowest BCUT2D eigenvalue weighted by molar-refractivity contribution is 0.724. The average Bonchev–Trinajstić information content (AvgIpc) is 2.03. The summed E-state index contributed by atoms with van der Waals surface area (Å²) in [6.45, 7) is 6.18. The number of nitrogens with zero attached hydrogens (tertiary/aromatic N) is 3. The van der Waals surface area contributed by atoms with Crippen LogP contribution in [0.3, 0.4) is 0 Å². The second-order valence-electron chi connectivity index (χ2n) is 3.37. The molecule has 2 N–H and O–H groups in total. The molecule has 0 aliphatic heterocycles. The maximum Gasteiger partial charge on any atom is 0.223 e. The summed E-state index contributed by atoms with van der Waals surface area (Å²) >= 11 is 0. The van der Waals surface area contributed by atoms with Gasteiger partial charge in [0.1, 0.15) is 11.6 Å². The third-order valence-electron chi connectivity index (χ3n) is 1.71. The van der Waals surface area contributed by atoms with Crippen LogP contribution in [0.2, 0.25) is 0 Å². The first-order valence-electron chi connectivity index (χ1n) is 4.63.